The summed E-state index contributed by atoms with van der Waals surface area (Å²) in [6, 6.07) is 8.66. The SMILES string of the molecule is NC1(CNC(=O)CC[C@H]2CCc3ccccc32)CCCCC1. The molecule has 0 unspecified atom stereocenters. The van der Waals surface area contributed by atoms with Gasteiger partial charge in [-0.25, -0.2) is 0 Å². The molecule has 0 radical (unpaired) electrons. The van der Waals surface area contributed by atoms with Gasteiger partial charge in [-0.2, -0.15) is 0 Å². The summed E-state index contributed by atoms with van der Waals surface area (Å²) >= 11 is 0. The van der Waals surface area contributed by atoms with Crippen LogP contribution in [0.25, 0.3) is 0 Å². The summed E-state index contributed by atoms with van der Waals surface area (Å²) in [5.74, 6) is 0.725. The molecule has 1 fully saturated rings. The molecule has 1 amide bonds. The molecule has 3 nitrogen and oxygen atoms in total. The maximum atomic E-state index is 12.1. The standard InChI is InChI=1S/C19H28N2O/c20-19(12-4-1-5-13-19)14-21-18(22)11-10-16-9-8-15-6-2-3-7-17(15)16/h2-3,6-7,16H,1,4-5,8-14,20H2,(H,21,22)/t16-/m1/s1. The molecule has 3 N–H and O–H groups in total. The zero-order valence-electron chi connectivity index (χ0n) is 13.4. The molecule has 0 bridgehead atoms. The van der Waals surface area contributed by atoms with Crippen LogP contribution in [0.4, 0.5) is 0 Å². The van der Waals surface area contributed by atoms with Crippen molar-refractivity contribution in [2.45, 2.75) is 69.2 Å². The maximum absolute atomic E-state index is 12.1. The second kappa shape index (κ2) is 6.82. The summed E-state index contributed by atoms with van der Waals surface area (Å²) in [5.41, 5.74) is 9.14. The first-order chi connectivity index (χ1) is 10.7. The molecule has 1 aromatic rings. The summed E-state index contributed by atoms with van der Waals surface area (Å²) in [5, 5.41) is 3.08. The van der Waals surface area contributed by atoms with Crippen LogP contribution in [0.15, 0.2) is 24.3 Å². The van der Waals surface area contributed by atoms with E-state index >= 15 is 0 Å². The number of hydrogen-bond donors (Lipinski definition) is 2. The maximum Gasteiger partial charge on any atom is 0.220 e. The van der Waals surface area contributed by atoms with E-state index in [1.165, 1.54) is 36.8 Å². The highest BCUT2D eigenvalue weighted by Gasteiger charge is 2.28. The molecular weight excluding hydrogens is 272 g/mol. The average molecular weight is 300 g/mol. The molecule has 3 rings (SSSR count). The van der Waals surface area contributed by atoms with E-state index < -0.39 is 0 Å². The summed E-state index contributed by atoms with van der Waals surface area (Å²) in [6.45, 7) is 0.646. The van der Waals surface area contributed by atoms with Crippen LogP contribution >= 0.6 is 0 Å². The number of amides is 1. The van der Waals surface area contributed by atoms with Crippen LogP contribution in [-0.2, 0) is 11.2 Å². The lowest BCUT2D eigenvalue weighted by Crippen LogP contribution is -2.51. The molecule has 1 saturated carbocycles. The van der Waals surface area contributed by atoms with Crippen molar-refractivity contribution in [2.24, 2.45) is 5.73 Å². The minimum atomic E-state index is -0.159. The van der Waals surface area contributed by atoms with Crippen molar-refractivity contribution in [1.29, 1.82) is 0 Å². The number of nitrogens with two attached hydrogens (primary N) is 1. The minimum Gasteiger partial charge on any atom is -0.354 e. The van der Waals surface area contributed by atoms with E-state index in [0.29, 0.717) is 18.9 Å². The van der Waals surface area contributed by atoms with Crippen molar-refractivity contribution in [1.82, 2.24) is 5.32 Å². The van der Waals surface area contributed by atoms with E-state index in [9.17, 15) is 4.79 Å². The Labute approximate surface area is 133 Å². The van der Waals surface area contributed by atoms with Gasteiger partial charge in [0.25, 0.3) is 0 Å². The van der Waals surface area contributed by atoms with E-state index in [2.05, 4.69) is 29.6 Å². The molecule has 1 atom stereocenters. The summed E-state index contributed by atoms with van der Waals surface area (Å²) < 4.78 is 0. The van der Waals surface area contributed by atoms with Crippen LogP contribution in [-0.4, -0.2) is 18.0 Å². The quantitative estimate of drug-likeness (QED) is 0.877. The lowest BCUT2D eigenvalue weighted by atomic mass is 9.82. The number of fused-ring (bicyclic) bond motifs is 1. The smallest absolute Gasteiger partial charge is 0.220 e. The number of rotatable bonds is 5. The van der Waals surface area contributed by atoms with Gasteiger partial charge in [0.05, 0.1) is 0 Å². The van der Waals surface area contributed by atoms with Gasteiger partial charge in [-0.05, 0) is 49.1 Å². The number of carbonyl (C=O) groups is 1. The first-order valence-electron chi connectivity index (χ1n) is 8.80. The zero-order chi connectivity index (χ0) is 15.4. The third-order valence-electron chi connectivity index (χ3n) is 5.46. The van der Waals surface area contributed by atoms with Crippen LogP contribution in [0, 0.1) is 0 Å². The summed E-state index contributed by atoms with van der Waals surface area (Å²) in [6.07, 6.45) is 9.70. The predicted octanol–water partition coefficient (Wildman–Crippen LogP) is 3.27. The van der Waals surface area contributed by atoms with Gasteiger partial charge in [-0.1, -0.05) is 43.5 Å². The molecule has 2 aliphatic carbocycles. The van der Waals surface area contributed by atoms with Gasteiger partial charge in [0.2, 0.25) is 5.91 Å². The third-order valence-corrected chi connectivity index (χ3v) is 5.46. The highest BCUT2D eigenvalue weighted by molar-refractivity contribution is 5.76. The van der Waals surface area contributed by atoms with E-state index in [1.54, 1.807) is 0 Å². The molecule has 3 heteroatoms. The predicted molar refractivity (Wildman–Crippen MR) is 89.8 cm³/mol. The Balaban J connectivity index is 1.43. The van der Waals surface area contributed by atoms with Gasteiger partial charge >= 0.3 is 0 Å². The van der Waals surface area contributed by atoms with Crippen molar-refractivity contribution < 1.29 is 4.79 Å². The Morgan fingerprint density at radius 2 is 2.00 bits per heavy atom. The molecule has 0 spiro atoms. The molecule has 1 aromatic carbocycles. The molecule has 0 aromatic heterocycles. The zero-order valence-corrected chi connectivity index (χ0v) is 13.4. The molecule has 120 valence electrons. The lowest BCUT2D eigenvalue weighted by molar-refractivity contribution is -0.121. The Hall–Kier alpha value is -1.35. The normalized spacial score (nSPS) is 23.0. The molecule has 0 saturated heterocycles. The average Bonchev–Trinajstić information content (AvgIpc) is 2.95. The highest BCUT2D eigenvalue weighted by atomic mass is 16.1. The molecular formula is C19H28N2O. The van der Waals surface area contributed by atoms with Gasteiger partial charge in [0, 0.05) is 18.5 Å². The van der Waals surface area contributed by atoms with Crippen LogP contribution in [0.3, 0.4) is 0 Å². The van der Waals surface area contributed by atoms with E-state index in [0.717, 1.165) is 25.7 Å². The van der Waals surface area contributed by atoms with Crippen LogP contribution in [0.1, 0.15) is 68.4 Å². The third kappa shape index (κ3) is 3.70. The van der Waals surface area contributed by atoms with Crippen LogP contribution in [0.5, 0.6) is 0 Å². The van der Waals surface area contributed by atoms with Crippen LogP contribution in [0.2, 0.25) is 0 Å². The van der Waals surface area contributed by atoms with Gasteiger partial charge in [0.15, 0.2) is 0 Å². The Bertz CT molecular complexity index is 520. The number of benzene rings is 1. The lowest BCUT2D eigenvalue weighted by Gasteiger charge is -2.33. The molecule has 22 heavy (non-hydrogen) atoms. The topological polar surface area (TPSA) is 55.1 Å². The molecule has 0 aliphatic heterocycles. The van der Waals surface area contributed by atoms with Crippen molar-refractivity contribution in [2.75, 3.05) is 6.54 Å². The minimum absolute atomic E-state index is 0.159. The first kappa shape index (κ1) is 15.5. The number of carbonyl (C=O) groups excluding carboxylic acids is 1. The fourth-order valence-corrected chi connectivity index (χ4v) is 4.05. The molecule has 2 aliphatic rings. The number of nitrogens with one attached hydrogen (secondary N) is 1. The second-order valence-corrected chi connectivity index (χ2v) is 7.17. The van der Waals surface area contributed by atoms with E-state index in [1.807, 2.05) is 0 Å². The fourth-order valence-electron chi connectivity index (χ4n) is 4.05. The van der Waals surface area contributed by atoms with E-state index in [-0.39, 0.29) is 11.4 Å². The van der Waals surface area contributed by atoms with Crippen LogP contribution < -0.4 is 11.1 Å². The Morgan fingerprint density at radius 1 is 1.23 bits per heavy atom. The first-order valence-corrected chi connectivity index (χ1v) is 8.80. The Morgan fingerprint density at radius 3 is 2.82 bits per heavy atom. The van der Waals surface area contributed by atoms with Crippen molar-refractivity contribution in [3.05, 3.63) is 35.4 Å². The summed E-state index contributed by atoms with van der Waals surface area (Å²) in [4.78, 5) is 12.1. The van der Waals surface area contributed by atoms with Crippen molar-refractivity contribution >= 4 is 5.91 Å². The largest absolute Gasteiger partial charge is 0.354 e. The van der Waals surface area contributed by atoms with E-state index in [4.69, 9.17) is 5.73 Å². The Kier molecular flexibility index (Phi) is 4.82. The van der Waals surface area contributed by atoms with Gasteiger partial charge in [0.1, 0.15) is 0 Å². The van der Waals surface area contributed by atoms with Crippen molar-refractivity contribution in [3.63, 3.8) is 0 Å². The second-order valence-electron chi connectivity index (χ2n) is 7.17. The van der Waals surface area contributed by atoms with Gasteiger partial charge in [-0.15, -0.1) is 0 Å². The van der Waals surface area contributed by atoms with Crippen molar-refractivity contribution in [3.8, 4) is 0 Å². The highest BCUT2D eigenvalue weighted by Crippen LogP contribution is 2.35. The molecule has 0 heterocycles. The van der Waals surface area contributed by atoms with Gasteiger partial charge in [-0.3, -0.25) is 4.79 Å². The summed E-state index contributed by atoms with van der Waals surface area (Å²) in [7, 11) is 0. The van der Waals surface area contributed by atoms with Gasteiger partial charge < -0.3 is 11.1 Å². The monoisotopic (exact) mass is 300 g/mol. The fraction of sp³-hybridized carbons (Fsp3) is 0.632. The number of aryl methyl sites for hydroxylation is 1. The number of hydrogen-bond acceptors (Lipinski definition) is 2.